The molecule has 1 saturated heterocycles. The van der Waals surface area contributed by atoms with E-state index in [1.807, 2.05) is 0 Å². The highest BCUT2D eigenvalue weighted by molar-refractivity contribution is 5.27. The topological polar surface area (TPSA) is 15.3 Å². The van der Waals surface area contributed by atoms with Crippen molar-refractivity contribution in [2.45, 2.75) is 51.2 Å². The molecule has 1 N–H and O–H groups in total. The molecule has 0 radical (unpaired) electrons. The quantitative estimate of drug-likeness (QED) is 0.867. The molecule has 0 amide bonds. The highest BCUT2D eigenvalue weighted by Gasteiger charge is 2.44. The molecule has 1 unspecified atom stereocenters. The molecule has 1 aliphatic rings. The lowest BCUT2D eigenvalue weighted by atomic mass is 9.80. The van der Waals surface area contributed by atoms with E-state index in [9.17, 15) is 0 Å². The Kier molecular flexibility index (Phi) is 5.07. The molecule has 1 atom stereocenters. The summed E-state index contributed by atoms with van der Waals surface area (Å²) in [6.07, 6.45) is 2.33. The molecular formula is C22H30N2. The van der Waals surface area contributed by atoms with Crippen LogP contribution in [0.3, 0.4) is 0 Å². The largest absolute Gasteiger partial charge is 0.308 e. The van der Waals surface area contributed by atoms with Gasteiger partial charge in [0, 0.05) is 25.2 Å². The summed E-state index contributed by atoms with van der Waals surface area (Å²) in [5.74, 6) is 0. The standard InChI is InChI=1S/C22H30N2/c1-4-22(5-2)18-24(16-19-12-8-6-9-13-19)21(3,17-23-22)20-14-10-7-11-15-20/h6-15,23H,4-5,16-18H2,1-3H3. The molecule has 0 spiro atoms. The van der Waals surface area contributed by atoms with Gasteiger partial charge in [0.05, 0.1) is 5.54 Å². The molecule has 24 heavy (non-hydrogen) atoms. The van der Waals surface area contributed by atoms with Crippen molar-refractivity contribution in [3.8, 4) is 0 Å². The molecule has 2 nitrogen and oxygen atoms in total. The molecular weight excluding hydrogens is 292 g/mol. The van der Waals surface area contributed by atoms with Crippen LogP contribution in [0.1, 0.15) is 44.7 Å². The van der Waals surface area contributed by atoms with Crippen molar-refractivity contribution < 1.29 is 0 Å². The molecule has 1 heterocycles. The van der Waals surface area contributed by atoms with Gasteiger partial charge >= 0.3 is 0 Å². The van der Waals surface area contributed by atoms with Crippen LogP contribution in [-0.2, 0) is 12.1 Å². The zero-order valence-corrected chi connectivity index (χ0v) is 15.3. The van der Waals surface area contributed by atoms with Gasteiger partial charge in [0.25, 0.3) is 0 Å². The van der Waals surface area contributed by atoms with Gasteiger partial charge in [0.15, 0.2) is 0 Å². The van der Waals surface area contributed by atoms with Gasteiger partial charge in [0.1, 0.15) is 0 Å². The molecule has 1 fully saturated rings. The van der Waals surface area contributed by atoms with E-state index in [4.69, 9.17) is 0 Å². The molecule has 0 aromatic heterocycles. The van der Waals surface area contributed by atoms with Crippen LogP contribution in [0.15, 0.2) is 60.7 Å². The van der Waals surface area contributed by atoms with Crippen molar-refractivity contribution in [2.75, 3.05) is 13.1 Å². The predicted molar refractivity (Wildman–Crippen MR) is 102 cm³/mol. The first-order valence-corrected chi connectivity index (χ1v) is 9.21. The second-order valence-corrected chi connectivity index (χ2v) is 7.32. The Bertz CT molecular complexity index is 634. The number of rotatable bonds is 5. The summed E-state index contributed by atoms with van der Waals surface area (Å²) >= 11 is 0. The van der Waals surface area contributed by atoms with E-state index in [0.717, 1.165) is 19.6 Å². The Labute approximate surface area is 146 Å². The Morgan fingerprint density at radius 3 is 2.08 bits per heavy atom. The van der Waals surface area contributed by atoms with Crippen molar-refractivity contribution in [1.82, 2.24) is 10.2 Å². The van der Waals surface area contributed by atoms with Crippen LogP contribution in [0.5, 0.6) is 0 Å². The molecule has 1 aliphatic heterocycles. The normalized spacial score (nSPS) is 24.0. The van der Waals surface area contributed by atoms with Crippen LogP contribution in [0.4, 0.5) is 0 Å². The van der Waals surface area contributed by atoms with Crippen molar-refractivity contribution in [3.05, 3.63) is 71.8 Å². The number of hydrogen-bond donors (Lipinski definition) is 1. The second kappa shape index (κ2) is 7.08. The molecule has 128 valence electrons. The minimum Gasteiger partial charge on any atom is -0.308 e. The third-order valence-corrected chi connectivity index (χ3v) is 5.96. The lowest BCUT2D eigenvalue weighted by molar-refractivity contribution is 0.00205. The summed E-state index contributed by atoms with van der Waals surface area (Å²) < 4.78 is 0. The van der Waals surface area contributed by atoms with Crippen molar-refractivity contribution >= 4 is 0 Å². The minimum atomic E-state index is 0.0188. The number of nitrogens with one attached hydrogen (secondary N) is 1. The van der Waals surface area contributed by atoms with Gasteiger partial charge in [-0.1, -0.05) is 74.5 Å². The fraction of sp³-hybridized carbons (Fsp3) is 0.455. The average Bonchev–Trinajstić information content (AvgIpc) is 2.65. The van der Waals surface area contributed by atoms with Gasteiger partial charge in [0.2, 0.25) is 0 Å². The first kappa shape index (κ1) is 17.2. The summed E-state index contributed by atoms with van der Waals surface area (Å²) in [7, 11) is 0. The van der Waals surface area contributed by atoms with Gasteiger partial charge in [-0.25, -0.2) is 0 Å². The average molecular weight is 322 g/mol. The van der Waals surface area contributed by atoms with E-state index in [1.54, 1.807) is 0 Å². The maximum absolute atomic E-state index is 3.90. The van der Waals surface area contributed by atoms with E-state index >= 15 is 0 Å². The number of nitrogens with zero attached hydrogens (tertiary/aromatic N) is 1. The van der Waals surface area contributed by atoms with Crippen LogP contribution in [0, 0.1) is 0 Å². The molecule has 3 rings (SSSR count). The Hall–Kier alpha value is -1.64. The molecule has 0 bridgehead atoms. The Balaban J connectivity index is 1.95. The molecule has 2 heteroatoms. The van der Waals surface area contributed by atoms with E-state index in [1.165, 1.54) is 24.0 Å². The smallest absolute Gasteiger partial charge is 0.0561 e. The Morgan fingerprint density at radius 1 is 0.917 bits per heavy atom. The molecule has 0 saturated carbocycles. The SMILES string of the molecule is CCC1(CC)CN(Cc2ccccc2)C(C)(c2ccccc2)CN1. The lowest BCUT2D eigenvalue weighted by Crippen LogP contribution is -2.67. The van der Waals surface area contributed by atoms with E-state index in [2.05, 4.69) is 91.7 Å². The number of piperazine rings is 1. The third kappa shape index (κ3) is 3.26. The summed E-state index contributed by atoms with van der Waals surface area (Å²) in [5.41, 5.74) is 3.03. The van der Waals surface area contributed by atoms with Gasteiger partial charge in [-0.2, -0.15) is 0 Å². The van der Waals surface area contributed by atoms with E-state index < -0.39 is 0 Å². The van der Waals surface area contributed by atoms with Crippen LogP contribution < -0.4 is 5.32 Å². The molecule has 0 aliphatic carbocycles. The third-order valence-electron chi connectivity index (χ3n) is 5.96. The van der Waals surface area contributed by atoms with Crippen molar-refractivity contribution in [1.29, 1.82) is 0 Å². The highest BCUT2D eigenvalue weighted by atomic mass is 15.3. The van der Waals surface area contributed by atoms with Crippen molar-refractivity contribution in [2.24, 2.45) is 0 Å². The van der Waals surface area contributed by atoms with Crippen LogP contribution >= 0.6 is 0 Å². The zero-order chi connectivity index (χ0) is 17.0. The first-order valence-electron chi connectivity index (χ1n) is 9.21. The van der Waals surface area contributed by atoms with Crippen LogP contribution in [-0.4, -0.2) is 23.5 Å². The second-order valence-electron chi connectivity index (χ2n) is 7.32. The fourth-order valence-electron chi connectivity index (χ4n) is 3.91. The van der Waals surface area contributed by atoms with E-state index in [-0.39, 0.29) is 11.1 Å². The van der Waals surface area contributed by atoms with Crippen LogP contribution in [0.2, 0.25) is 0 Å². The maximum atomic E-state index is 3.90. The summed E-state index contributed by atoms with van der Waals surface area (Å²) in [6.45, 7) is 10.1. The fourth-order valence-corrected chi connectivity index (χ4v) is 3.91. The monoisotopic (exact) mass is 322 g/mol. The number of benzene rings is 2. The van der Waals surface area contributed by atoms with Crippen molar-refractivity contribution in [3.63, 3.8) is 0 Å². The summed E-state index contributed by atoms with van der Waals surface area (Å²) in [6, 6.07) is 21.8. The first-order chi connectivity index (χ1) is 11.6. The van der Waals surface area contributed by atoms with Gasteiger partial charge in [-0.05, 0) is 30.9 Å². The molecule has 2 aromatic carbocycles. The zero-order valence-electron chi connectivity index (χ0n) is 15.3. The highest BCUT2D eigenvalue weighted by Crippen LogP contribution is 2.36. The van der Waals surface area contributed by atoms with Gasteiger partial charge in [-0.3, -0.25) is 4.90 Å². The van der Waals surface area contributed by atoms with Crippen LogP contribution in [0.25, 0.3) is 0 Å². The van der Waals surface area contributed by atoms with Gasteiger partial charge < -0.3 is 5.32 Å². The Morgan fingerprint density at radius 2 is 1.50 bits per heavy atom. The summed E-state index contributed by atoms with van der Waals surface area (Å²) in [4.78, 5) is 2.68. The number of hydrogen-bond acceptors (Lipinski definition) is 2. The summed E-state index contributed by atoms with van der Waals surface area (Å²) in [5, 5.41) is 3.90. The minimum absolute atomic E-state index is 0.0188. The predicted octanol–water partition coefficient (Wildman–Crippen LogP) is 4.57. The lowest BCUT2D eigenvalue weighted by Gasteiger charge is -2.53. The maximum Gasteiger partial charge on any atom is 0.0561 e. The van der Waals surface area contributed by atoms with E-state index in [0.29, 0.717) is 0 Å². The molecule has 2 aromatic rings. The van der Waals surface area contributed by atoms with Gasteiger partial charge in [-0.15, -0.1) is 0 Å².